The van der Waals surface area contributed by atoms with Crippen molar-refractivity contribution in [1.29, 1.82) is 0 Å². The van der Waals surface area contributed by atoms with Crippen molar-refractivity contribution >= 4 is 43.2 Å². The molecule has 0 amide bonds. The lowest BCUT2D eigenvalue weighted by atomic mass is 9.72. The van der Waals surface area contributed by atoms with Crippen LogP contribution in [0.2, 0.25) is 0 Å². The van der Waals surface area contributed by atoms with E-state index in [1.54, 1.807) is 11.3 Å². The van der Waals surface area contributed by atoms with E-state index in [2.05, 4.69) is 51.8 Å². The van der Waals surface area contributed by atoms with E-state index in [9.17, 15) is 0 Å². The second kappa shape index (κ2) is 5.94. The van der Waals surface area contributed by atoms with Crippen molar-refractivity contribution < 1.29 is 0 Å². The van der Waals surface area contributed by atoms with Crippen LogP contribution < -0.4 is 5.73 Å². The molecule has 0 bridgehead atoms. The average Bonchev–Trinajstić information content (AvgIpc) is 2.86. The van der Waals surface area contributed by atoms with Gasteiger partial charge < -0.3 is 5.73 Å². The fourth-order valence-electron chi connectivity index (χ4n) is 3.35. The highest BCUT2D eigenvalue weighted by molar-refractivity contribution is 9.13. The Hall–Kier alpha value is 0.620. The summed E-state index contributed by atoms with van der Waals surface area (Å²) < 4.78 is 2.29. The maximum absolute atomic E-state index is 6.63. The van der Waals surface area contributed by atoms with E-state index in [1.807, 2.05) is 0 Å². The third kappa shape index (κ3) is 3.02. The quantitative estimate of drug-likeness (QED) is 0.677. The van der Waals surface area contributed by atoms with E-state index in [1.165, 1.54) is 37.0 Å². The van der Waals surface area contributed by atoms with Gasteiger partial charge in [0.15, 0.2) is 0 Å². The Morgan fingerprint density at radius 2 is 1.94 bits per heavy atom. The first-order chi connectivity index (χ1) is 8.44. The second-order valence-electron chi connectivity index (χ2n) is 5.92. The van der Waals surface area contributed by atoms with Gasteiger partial charge in [-0.3, -0.25) is 0 Å². The topological polar surface area (TPSA) is 26.0 Å². The van der Waals surface area contributed by atoms with Gasteiger partial charge in [-0.05, 0) is 68.5 Å². The van der Waals surface area contributed by atoms with Gasteiger partial charge in [0.25, 0.3) is 0 Å². The number of nitrogens with two attached hydrogens (primary N) is 1. The molecule has 1 aliphatic rings. The molecule has 1 unspecified atom stereocenters. The van der Waals surface area contributed by atoms with E-state index in [0.29, 0.717) is 5.41 Å². The van der Waals surface area contributed by atoms with Gasteiger partial charge in [0.1, 0.15) is 0 Å². The Bertz CT molecular complexity index is 388. The standard InChI is InChI=1S/C14H21Br2NS/c1-9(2)8-14(5-3-4-6-14)12(17)11-7-10(15)13(16)18-11/h7,9,12H,3-6,8,17H2,1-2H3. The van der Waals surface area contributed by atoms with E-state index >= 15 is 0 Å². The molecule has 1 heterocycles. The zero-order valence-electron chi connectivity index (χ0n) is 11.0. The molecule has 2 N–H and O–H groups in total. The molecule has 0 radical (unpaired) electrons. The normalized spacial score (nSPS) is 20.6. The van der Waals surface area contributed by atoms with Gasteiger partial charge in [0.2, 0.25) is 0 Å². The molecule has 1 atom stereocenters. The largest absolute Gasteiger partial charge is 0.323 e. The summed E-state index contributed by atoms with van der Waals surface area (Å²) in [5.74, 6) is 0.723. The lowest BCUT2D eigenvalue weighted by Crippen LogP contribution is -2.33. The highest BCUT2D eigenvalue weighted by Gasteiger charge is 2.41. The van der Waals surface area contributed by atoms with Crippen LogP contribution in [0.5, 0.6) is 0 Å². The Balaban J connectivity index is 2.25. The number of hydrogen-bond acceptors (Lipinski definition) is 2. The van der Waals surface area contributed by atoms with Gasteiger partial charge in [-0.2, -0.15) is 0 Å². The molecule has 0 aliphatic heterocycles. The van der Waals surface area contributed by atoms with Crippen molar-refractivity contribution in [2.24, 2.45) is 17.1 Å². The molecule has 1 aliphatic carbocycles. The zero-order valence-corrected chi connectivity index (χ0v) is 15.0. The first kappa shape index (κ1) is 15.0. The number of hydrogen-bond donors (Lipinski definition) is 1. The third-order valence-electron chi connectivity index (χ3n) is 4.04. The molecule has 0 saturated heterocycles. The van der Waals surface area contributed by atoms with Crippen molar-refractivity contribution in [1.82, 2.24) is 0 Å². The number of halogens is 2. The highest BCUT2D eigenvalue weighted by atomic mass is 79.9. The van der Waals surface area contributed by atoms with Crippen molar-refractivity contribution in [3.05, 3.63) is 19.2 Å². The molecule has 2 rings (SSSR count). The zero-order chi connectivity index (χ0) is 13.3. The van der Waals surface area contributed by atoms with Gasteiger partial charge >= 0.3 is 0 Å². The molecular formula is C14H21Br2NS. The Kier molecular flexibility index (Phi) is 4.96. The summed E-state index contributed by atoms with van der Waals surface area (Å²) in [7, 11) is 0. The average molecular weight is 395 g/mol. The van der Waals surface area contributed by atoms with Crippen LogP contribution in [-0.2, 0) is 0 Å². The smallest absolute Gasteiger partial charge is 0.0843 e. The summed E-state index contributed by atoms with van der Waals surface area (Å²) >= 11 is 8.93. The molecule has 1 saturated carbocycles. The second-order valence-corrected chi connectivity index (χ2v) is 9.17. The number of thiophene rings is 1. The van der Waals surface area contributed by atoms with Gasteiger partial charge in [-0.25, -0.2) is 0 Å². The third-order valence-corrected chi connectivity index (χ3v) is 7.38. The predicted octanol–water partition coefficient (Wildman–Crippen LogP) is 5.88. The molecule has 4 heteroatoms. The molecule has 1 nitrogen and oxygen atoms in total. The summed E-state index contributed by atoms with van der Waals surface area (Å²) in [4.78, 5) is 1.32. The van der Waals surface area contributed by atoms with Crippen LogP contribution in [0.15, 0.2) is 14.3 Å². The minimum absolute atomic E-state index is 0.190. The maximum atomic E-state index is 6.63. The van der Waals surface area contributed by atoms with Crippen molar-refractivity contribution in [3.8, 4) is 0 Å². The molecule has 1 fully saturated rings. The van der Waals surface area contributed by atoms with Crippen LogP contribution in [-0.4, -0.2) is 0 Å². The van der Waals surface area contributed by atoms with E-state index in [0.717, 1.165) is 14.2 Å². The summed E-state index contributed by atoms with van der Waals surface area (Å²) in [6.45, 7) is 4.63. The van der Waals surface area contributed by atoms with Crippen LogP contribution in [0, 0.1) is 11.3 Å². The Morgan fingerprint density at radius 1 is 1.33 bits per heavy atom. The number of rotatable bonds is 4. The van der Waals surface area contributed by atoms with Crippen LogP contribution in [0.4, 0.5) is 0 Å². The lowest BCUT2D eigenvalue weighted by molar-refractivity contribution is 0.185. The molecular weight excluding hydrogens is 374 g/mol. The van der Waals surface area contributed by atoms with Crippen molar-refractivity contribution in [2.45, 2.75) is 52.0 Å². The van der Waals surface area contributed by atoms with Gasteiger partial charge in [0.05, 0.1) is 3.79 Å². The van der Waals surface area contributed by atoms with Crippen LogP contribution in [0.3, 0.4) is 0 Å². The minimum Gasteiger partial charge on any atom is -0.323 e. The highest BCUT2D eigenvalue weighted by Crippen LogP contribution is 2.52. The van der Waals surface area contributed by atoms with E-state index < -0.39 is 0 Å². The predicted molar refractivity (Wildman–Crippen MR) is 87.0 cm³/mol. The summed E-state index contributed by atoms with van der Waals surface area (Å²) in [5, 5.41) is 0. The molecule has 0 aromatic carbocycles. The van der Waals surface area contributed by atoms with Crippen LogP contribution in [0.25, 0.3) is 0 Å². The maximum Gasteiger partial charge on any atom is 0.0843 e. The molecule has 102 valence electrons. The lowest BCUT2D eigenvalue weighted by Gasteiger charge is -2.36. The van der Waals surface area contributed by atoms with Gasteiger partial charge in [-0.1, -0.05) is 26.7 Å². The summed E-state index contributed by atoms with van der Waals surface area (Å²) in [6, 6.07) is 2.38. The van der Waals surface area contributed by atoms with Gasteiger partial charge in [0, 0.05) is 15.4 Å². The fraction of sp³-hybridized carbons (Fsp3) is 0.714. The molecule has 0 spiro atoms. The minimum atomic E-state index is 0.190. The summed E-state index contributed by atoms with van der Waals surface area (Å²) in [6.07, 6.45) is 6.52. The van der Waals surface area contributed by atoms with E-state index in [4.69, 9.17) is 5.73 Å². The SMILES string of the molecule is CC(C)CC1(C(N)c2cc(Br)c(Br)s2)CCCC1. The Morgan fingerprint density at radius 3 is 2.39 bits per heavy atom. The van der Waals surface area contributed by atoms with Crippen LogP contribution in [0.1, 0.15) is 56.9 Å². The summed E-state index contributed by atoms with van der Waals surface area (Å²) in [5.41, 5.74) is 6.97. The van der Waals surface area contributed by atoms with Crippen molar-refractivity contribution in [2.75, 3.05) is 0 Å². The van der Waals surface area contributed by atoms with E-state index in [-0.39, 0.29) is 6.04 Å². The van der Waals surface area contributed by atoms with Crippen molar-refractivity contribution in [3.63, 3.8) is 0 Å². The molecule has 18 heavy (non-hydrogen) atoms. The monoisotopic (exact) mass is 393 g/mol. The Labute approximate surface area is 131 Å². The molecule has 1 aromatic heterocycles. The first-order valence-corrected chi connectivity index (χ1v) is 9.05. The van der Waals surface area contributed by atoms with Crippen LogP contribution >= 0.6 is 43.2 Å². The van der Waals surface area contributed by atoms with Gasteiger partial charge in [-0.15, -0.1) is 11.3 Å². The molecule has 1 aromatic rings. The first-order valence-electron chi connectivity index (χ1n) is 6.65. The fourth-order valence-corrected chi connectivity index (χ4v) is 5.59.